The van der Waals surface area contributed by atoms with E-state index in [1.807, 2.05) is 0 Å². The van der Waals surface area contributed by atoms with Gasteiger partial charge in [-0.1, -0.05) is 6.42 Å². The fraction of sp³-hybridized carbons (Fsp3) is 0.600. The minimum Gasteiger partial charge on any atom is -0.313 e. The van der Waals surface area contributed by atoms with E-state index in [0.717, 1.165) is 13.0 Å². The van der Waals surface area contributed by atoms with Crippen molar-refractivity contribution >= 4 is 5.91 Å². The normalized spacial score (nSPS) is 22.1. The molecule has 0 spiro atoms. The molecule has 4 nitrogen and oxygen atoms in total. The summed E-state index contributed by atoms with van der Waals surface area (Å²) in [5.74, 6) is 0.0781. The van der Waals surface area contributed by atoms with Gasteiger partial charge < -0.3 is 5.32 Å². The summed E-state index contributed by atoms with van der Waals surface area (Å²) < 4.78 is 1.41. The van der Waals surface area contributed by atoms with Crippen molar-refractivity contribution in [2.75, 3.05) is 6.54 Å². The number of nitrogens with zero attached hydrogens (tertiary/aromatic N) is 2. The number of piperidine rings is 1. The zero-order chi connectivity index (χ0) is 9.80. The van der Waals surface area contributed by atoms with Gasteiger partial charge in [0.25, 0.3) is 0 Å². The Hall–Kier alpha value is -1.16. The minimum atomic E-state index is 0.0781. The van der Waals surface area contributed by atoms with Gasteiger partial charge in [-0.3, -0.25) is 4.79 Å². The van der Waals surface area contributed by atoms with Crippen molar-refractivity contribution < 1.29 is 4.79 Å². The highest BCUT2D eigenvalue weighted by Crippen LogP contribution is 2.10. The van der Waals surface area contributed by atoms with E-state index in [2.05, 4.69) is 10.4 Å². The molecule has 0 amide bonds. The van der Waals surface area contributed by atoms with Crippen LogP contribution in [0, 0.1) is 0 Å². The Kier molecular flexibility index (Phi) is 2.93. The van der Waals surface area contributed by atoms with E-state index in [4.69, 9.17) is 0 Å². The monoisotopic (exact) mass is 193 g/mol. The van der Waals surface area contributed by atoms with E-state index in [9.17, 15) is 4.79 Å². The molecule has 0 aromatic carbocycles. The van der Waals surface area contributed by atoms with Crippen molar-refractivity contribution in [2.24, 2.45) is 0 Å². The molecule has 0 aliphatic carbocycles. The lowest BCUT2D eigenvalue weighted by atomic mass is 10.0. The fourth-order valence-electron chi connectivity index (χ4n) is 1.82. The van der Waals surface area contributed by atoms with Gasteiger partial charge in [-0.05, 0) is 25.5 Å². The maximum atomic E-state index is 11.6. The van der Waals surface area contributed by atoms with Crippen molar-refractivity contribution in [2.45, 2.75) is 31.7 Å². The van der Waals surface area contributed by atoms with Crippen molar-refractivity contribution in [3.63, 3.8) is 0 Å². The van der Waals surface area contributed by atoms with Crippen LogP contribution in [0.15, 0.2) is 18.5 Å². The van der Waals surface area contributed by atoms with Crippen LogP contribution in [0.1, 0.15) is 30.5 Å². The van der Waals surface area contributed by atoms with E-state index < -0.39 is 0 Å². The zero-order valence-electron chi connectivity index (χ0n) is 8.15. The molecular weight excluding hydrogens is 178 g/mol. The van der Waals surface area contributed by atoms with Gasteiger partial charge in [0.2, 0.25) is 5.91 Å². The third kappa shape index (κ3) is 2.20. The number of carbonyl (C=O) groups excluding carboxylic acids is 1. The van der Waals surface area contributed by atoms with Crippen LogP contribution in [0.25, 0.3) is 0 Å². The average molecular weight is 193 g/mol. The lowest BCUT2D eigenvalue weighted by Gasteiger charge is -2.22. The molecule has 0 radical (unpaired) electrons. The third-order valence-corrected chi connectivity index (χ3v) is 2.59. The minimum absolute atomic E-state index is 0.0781. The first kappa shape index (κ1) is 9.40. The van der Waals surface area contributed by atoms with Crippen LogP contribution < -0.4 is 5.32 Å². The standard InChI is InChI=1S/C10H15N3O/c14-10(13-7-3-6-12-13)8-9-4-1-2-5-11-9/h3,6-7,9,11H,1-2,4-5,8H2. The van der Waals surface area contributed by atoms with Crippen LogP contribution in [0.3, 0.4) is 0 Å². The summed E-state index contributed by atoms with van der Waals surface area (Å²) in [6, 6.07) is 2.12. The maximum Gasteiger partial charge on any atom is 0.248 e. The van der Waals surface area contributed by atoms with Crippen LogP contribution in [0.5, 0.6) is 0 Å². The van der Waals surface area contributed by atoms with E-state index in [1.54, 1.807) is 18.5 Å². The quantitative estimate of drug-likeness (QED) is 0.763. The van der Waals surface area contributed by atoms with Gasteiger partial charge in [-0.15, -0.1) is 0 Å². The Morgan fingerprint density at radius 3 is 3.14 bits per heavy atom. The first-order valence-electron chi connectivity index (χ1n) is 5.12. The second-order valence-corrected chi connectivity index (χ2v) is 3.70. The number of rotatable bonds is 2. The Bertz CT molecular complexity index is 288. The third-order valence-electron chi connectivity index (χ3n) is 2.59. The molecule has 1 aliphatic heterocycles. The Labute approximate surface area is 83.3 Å². The van der Waals surface area contributed by atoms with Crippen LogP contribution in [0.4, 0.5) is 0 Å². The second-order valence-electron chi connectivity index (χ2n) is 3.70. The lowest BCUT2D eigenvalue weighted by Crippen LogP contribution is -2.36. The maximum absolute atomic E-state index is 11.6. The van der Waals surface area contributed by atoms with E-state index in [1.165, 1.54) is 17.5 Å². The van der Waals surface area contributed by atoms with Crippen molar-refractivity contribution in [3.8, 4) is 0 Å². The van der Waals surface area contributed by atoms with Gasteiger partial charge in [0.15, 0.2) is 0 Å². The number of nitrogens with one attached hydrogen (secondary N) is 1. The summed E-state index contributed by atoms with van der Waals surface area (Å²) >= 11 is 0. The van der Waals surface area contributed by atoms with Gasteiger partial charge in [0, 0.05) is 24.9 Å². The average Bonchev–Trinajstić information content (AvgIpc) is 2.72. The van der Waals surface area contributed by atoms with E-state index >= 15 is 0 Å². The molecule has 1 saturated heterocycles. The molecular formula is C10H15N3O. The van der Waals surface area contributed by atoms with Crippen LogP contribution in [-0.4, -0.2) is 28.3 Å². The molecule has 1 aromatic heterocycles. The van der Waals surface area contributed by atoms with Crippen molar-refractivity contribution in [1.29, 1.82) is 0 Å². The van der Waals surface area contributed by atoms with Gasteiger partial charge >= 0.3 is 0 Å². The molecule has 1 atom stereocenters. The summed E-state index contributed by atoms with van der Waals surface area (Å²) in [7, 11) is 0. The number of hydrogen-bond acceptors (Lipinski definition) is 3. The molecule has 4 heteroatoms. The predicted octanol–water partition coefficient (Wildman–Crippen LogP) is 1.06. The second kappa shape index (κ2) is 4.37. The molecule has 14 heavy (non-hydrogen) atoms. The molecule has 0 bridgehead atoms. The Balaban J connectivity index is 1.87. The van der Waals surface area contributed by atoms with Gasteiger partial charge in [0.05, 0.1) is 0 Å². The van der Waals surface area contributed by atoms with Gasteiger partial charge in [-0.2, -0.15) is 5.10 Å². The first-order valence-corrected chi connectivity index (χ1v) is 5.12. The largest absolute Gasteiger partial charge is 0.313 e. The van der Waals surface area contributed by atoms with Crippen LogP contribution in [0.2, 0.25) is 0 Å². The molecule has 1 unspecified atom stereocenters. The molecule has 1 fully saturated rings. The molecule has 2 heterocycles. The Morgan fingerprint density at radius 2 is 2.50 bits per heavy atom. The number of carbonyl (C=O) groups is 1. The SMILES string of the molecule is O=C(CC1CCCCN1)n1cccn1. The summed E-state index contributed by atoms with van der Waals surface area (Å²) in [5.41, 5.74) is 0. The van der Waals surface area contributed by atoms with Crippen LogP contribution >= 0.6 is 0 Å². The molecule has 1 N–H and O–H groups in total. The summed E-state index contributed by atoms with van der Waals surface area (Å²) in [6.07, 6.45) is 7.45. The molecule has 1 aromatic rings. The molecule has 76 valence electrons. The van der Waals surface area contributed by atoms with E-state index in [-0.39, 0.29) is 5.91 Å². The lowest BCUT2D eigenvalue weighted by molar-refractivity contribution is 0.0866. The highest BCUT2D eigenvalue weighted by molar-refractivity contribution is 5.78. The number of aromatic nitrogens is 2. The van der Waals surface area contributed by atoms with Crippen LogP contribution in [-0.2, 0) is 0 Å². The zero-order valence-corrected chi connectivity index (χ0v) is 8.15. The smallest absolute Gasteiger partial charge is 0.248 e. The molecule has 2 rings (SSSR count). The highest BCUT2D eigenvalue weighted by atomic mass is 16.2. The summed E-state index contributed by atoms with van der Waals surface area (Å²) in [5, 5.41) is 7.27. The predicted molar refractivity (Wildman–Crippen MR) is 53.1 cm³/mol. The van der Waals surface area contributed by atoms with Crippen molar-refractivity contribution in [3.05, 3.63) is 18.5 Å². The number of hydrogen-bond donors (Lipinski definition) is 1. The highest BCUT2D eigenvalue weighted by Gasteiger charge is 2.17. The summed E-state index contributed by atoms with van der Waals surface area (Å²) in [6.45, 7) is 1.04. The molecule has 1 aliphatic rings. The van der Waals surface area contributed by atoms with Crippen molar-refractivity contribution in [1.82, 2.24) is 15.1 Å². The first-order chi connectivity index (χ1) is 6.86. The van der Waals surface area contributed by atoms with E-state index in [0.29, 0.717) is 12.5 Å². The topological polar surface area (TPSA) is 46.9 Å². The van der Waals surface area contributed by atoms with Gasteiger partial charge in [-0.25, -0.2) is 4.68 Å². The summed E-state index contributed by atoms with van der Waals surface area (Å²) in [4.78, 5) is 11.6. The fourth-order valence-corrected chi connectivity index (χ4v) is 1.82. The Morgan fingerprint density at radius 1 is 1.57 bits per heavy atom. The van der Waals surface area contributed by atoms with Gasteiger partial charge in [0.1, 0.15) is 0 Å². The molecule has 0 saturated carbocycles.